The molecule has 1 heterocycles. The van der Waals surface area contributed by atoms with Gasteiger partial charge in [-0.1, -0.05) is 0 Å². The summed E-state index contributed by atoms with van der Waals surface area (Å²) in [6.45, 7) is -0.179. The highest BCUT2D eigenvalue weighted by atomic mass is 127. The minimum atomic E-state index is -2.73. The van der Waals surface area contributed by atoms with Crippen molar-refractivity contribution in [2.45, 2.75) is 13.0 Å². The molecule has 15 heavy (non-hydrogen) atoms. The predicted molar refractivity (Wildman–Crippen MR) is 56.5 cm³/mol. The number of pyridine rings is 1. The monoisotopic (exact) mass is 329 g/mol. The van der Waals surface area contributed by atoms with Crippen LogP contribution >= 0.6 is 22.6 Å². The number of hydrogen-bond acceptors (Lipinski definition) is 4. The van der Waals surface area contributed by atoms with Gasteiger partial charge in [0.2, 0.25) is 0 Å². The minimum absolute atomic E-state index is 0.0675. The van der Waals surface area contributed by atoms with Gasteiger partial charge in [0.1, 0.15) is 9.77 Å². The molecule has 1 aromatic rings. The van der Waals surface area contributed by atoms with Crippen LogP contribution in [-0.2, 0) is 6.54 Å². The average molecular weight is 329 g/mol. The smallest absolute Gasteiger partial charge is 0.358 e. The first kappa shape index (κ1) is 12.2. The molecule has 82 valence electrons. The van der Waals surface area contributed by atoms with Gasteiger partial charge in [-0.05, 0) is 32.5 Å². The zero-order valence-electron chi connectivity index (χ0n) is 7.28. The number of halogens is 3. The highest BCUT2D eigenvalue weighted by Gasteiger charge is 2.24. The van der Waals surface area contributed by atoms with E-state index >= 15 is 0 Å². The SMILES string of the molecule is NCc1c(C(F)F)cnc([N+](=O)[O-])c1I. The number of rotatable bonds is 3. The third-order valence-electron chi connectivity index (χ3n) is 1.75. The Kier molecular flexibility index (Phi) is 3.85. The predicted octanol–water partition coefficient (Wildman–Crippen LogP) is 1.99. The first-order valence-electron chi connectivity index (χ1n) is 3.79. The number of nitrogens with zero attached hydrogens (tertiary/aromatic N) is 2. The zero-order chi connectivity index (χ0) is 11.6. The van der Waals surface area contributed by atoms with Crippen LogP contribution in [0.5, 0.6) is 0 Å². The molecule has 0 aliphatic heterocycles. The van der Waals surface area contributed by atoms with Crippen molar-refractivity contribution in [3.63, 3.8) is 0 Å². The van der Waals surface area contributed by atoms with Crippen molar-refractivity contribution in [3.8, 4) is 0 Å². The van der Waals surface area contributed by atoms with E-state index in [1.165, 1.54) is 0 Å². The maximum atomic E-state index is 12.5. The van der Waals surface area contributed by atoms with Crippen molar-refractivity contribution in [2.75, 3.05) is 0 Å². The quantitative estimate of drug-likeness (QED) is 0.522. The maximum Gasteiger partial charge on any atom is 0.377 e. The highest BCUT2D eigenvalue weighted by molar-refractivity contribution is 14.1. The first-order chi connectivity index (χ1) is 6.99. The second kappa shape index (κ2) is 4.75. The molecule has 1 aromatic heterocycles. The van der Waals surface area contributed by atoms with Crippen molar-refractivity contribution in [1.82, 2.24) is 4.98 Å². The Morgan fingerprint density at radius 1 is 1.67 bits per heavy atom. The summed E-state index contributed by atoms with van der Waals surface area (Å²) in [6, 6.07) is 0. The summed E-state index contributed by atoms with van der Waals surface area (Å²) in [5.41, 5.74) is 4.99. The Morgan fingerprint density at radius 2 is 2.27 bits per heavy atom. The molecule has 0 unspecified atom stereocenters. The topological polar surface area (TPSA) is 82.0 Å². The largest absolute Gasteiger partial charge is 0.377 e. The Balaban J connectivity index is 3.39. The number of nitro groups is 1. The fourth-order valence-electron chi connectivity index (χ4n) is 1.05. The summed E-state index contributed by atoms with van der Waals surface area (Å²) in [6.07, 6.45) is -1.93. The molecule has 0 atom stereocenters. The molecule has 0 saturated carbocycles. The highest BCUT2D eigenvalue weighted by Crippen LogP contribution is 2.29. The number of nitrogens with two attached hydrogens (primary N) is 1. The van der Waals surface area contributed by atoms with Crippen LogP contribution in [0.25, 0.3) is 0 Å². The molecular weight excluding hydrogens is 323 g/mol. The Morgan fingerprint density at radius 3 is 2.67 bits per heavy atom. The van der Waals surface area contributed by atoms with E-state index in [0.717, 1.165) is 6.20 Å². The van der Waals surface area contributed by atoms with Gasteiger partial charge in [-0.25, -0.2) is 8.78 Å². The molecule has 2 N–H and O–H groups in total. The lowest BCUT2D eigenvalue weighted by molar-refractivity contribution is -0.390. The van der Waals surface area contributed by atoms with E-state index in [4.69, 9.17) is 5.73 Å². The van der Waals surface area contributed by atoms with Crippen LogP contribution in [-0.4, -0.2) is 9.91 Å². The summed E-state index contributed by atoms with van der Waals surface area (Å²) in [4.78, 5) is 13.1. The van der Waals surface area contributed by atoms with Gasteiger partial charge in [-0.15, -0.1) is 0 Å². The number of aromatic nitrogens is 1. The van der Waals surface area contributed by atoms with Gasteiger partial charge in [0.25, 0.3) is 6.43 Å². The fraction of sp³-hybridized carbons (Fsp3) is 0.286. The van der Waals surface area contributed by atoms with Crippen molar-refractivity contribution >= 4 is 28.4 Å². The molecule has 0 aliphatic carbocycles. The Labute approximate surface area is 97.0 Å². The van der Waals surface area contributed by atoms with E-state index in [1.807, 2.05) is 0 Å². The van der Waals surface area contributed by atoms with Gasteiger partial charge >= 0.3 is 5.82 Å². The van der Waals surface area contributed by atoms with Crippen molar-refractivity contribution in [1.29, 1.82) is 0 Å². The maximum absolute atomic E-state index is 12.5. The van der Waals surface area contributed by atoms with E-state index in [2.05, 4.69) is 4.98 Å². The van der Waals surface area contributed by atoms with Gasteiger partial charge in [-0.3, -0.25) is 0 Å². The average Bonchev–Trinajstić information content (AvgIpc) is 2.16. The first-order valence-corrected chi connectivity index (χ1v) is 4.86. The summed E-state index contributed by atoms with van der Waals surface area (Å²) < 4.78 is 25.0. The molecule has 1 rings (SSSR count). The van der Waals surface area contributed by atoms with Crippen molar-refractivity contribution in [2.24, 2.45) is 5.73 Å². The molecule has 0 spiro atoms. The second-order valence-electron chi connectivity index (χ2n) is 2.59. The molecule has 5 nitrogen and oxygen atoms in total. The molecule has 8 heteroatoms. The van der Waals surface area contributed by atoms with Crippen LogP contribution in [0.3, 0.4) is 0 Å². The van der Waals surface area contributed by atoms with Crippen LogP contribution < -0.4 is 5.73 Å². The van der Waals surface area contributed by atoms with E-state index < -0.39 is 17.2 Å². The number of alkyl halides is 2. The van der Waals surface area contributed by atoms with Gasteiger partial charge < -0.3 is 15.8 Å². The van der Waals surface area contributed by atoms with E-state index in [1.54, 1.807) is 22.6 Å². The van der Waals surface area contributed by atoms with Crippen LogP contribution in [0.15, 0.2) is 6.20 Å². The lowest BCUT2D eigenvalue weighted by atomic mass is 10.1. The standard InChI is InChI=1S/C7H6F2IN3O2/c8-6(9)4-2-12-7(13(14)15)5(10)3(4)1-11/h2,6H,1,11H2. The number of hydrogen-bond donors (Lipinski definition) is 1. The van der Waals surface area contributed by atoms with Crippen LogP contribution in [0.2, 0.25) is 0 Å². The third-order valence-corrected chi connectivity index (χ3v) is 2.88. The summed E-state index contributed by atoms with van der Waals surface area (Å²) >= 11 is 1.60. The fourth-order valence-corrected chi connectivity index (χ4v) is 1.92. The van der Waals surface area contributed by atoms with Gasteiger partial charge in [0.05, 0.1) is 5.56 Å². The van der Waals surface area contributed by atoms with E-state index in [0.29, 0.717) is 0 Å². The van der Waals surface area contributed by atoms with Gasteiger partial charge in [0, 0.05) is 12.1 Å². The molecule has 0 radical (unpaired) electrons. The van der Waals surface area contributed by atoms with E-state index in [9.17, 15) is 18.9 Å². The van der Waals surface area contributed by atoms with Crippen LogP contribution in [0, 0.1) is 13.7 Å². The molecule has 0 saturated heterocycles. The van der Waals surface area contributed by atoms with Crippen LogP contribution in [0.1, 0.15) is 17.6 Å². The minimum Gasteiger partial charge on any atom is -0.358 e. The van der Waals surface area contributed by atoms with Crippen LogP contribution in [0.4, 0.5) is 14.6 Å². The summed E-state index contributed by atoms with van der Waals surface area (Å²) in [5.74, 6) is -0.444. The lowest BCUT2D eigenvalue weighted by Gasteiger charge is -2.07. The van der Waals surface area contributed by atoms with E-state index in [-0.39, 0.29) is 21.2 Å². The van der Waals surface area contributed by atoms with Gasteiger partial charge in [0.15, 0.2) is 0 Å². The van der Waals surface area contributed by atoms with Crippen molar-refractivity contribution in [3.05, 3.63) is 31.0 Å². The normalized spacial score (nSPS) is 10.7. The zero-order valence-corrected chi connectivity index (χ0v) is 9.44. The summed E-state index contributed by atoms with van der Waals surface area (Å²) in [7, 11) is 0. The summed E-state index contributed by atoms with van der Waals surface area (Å²) in [5, 5.41) is 10.5. The molecule has 0 aliphatic rings. The lowest BCUT2D eigenvalue weighted by Crippen LogP contribution is -2.08. The van der Waals surface area contributed by atoms with Crippen molar-refractivity contribution < 1.29 is 13.7 Å². The van der Waals surface area contributed by atoms with Gasteiger partial charge in [-0.2, -0.15) is 0 Å². The molecule has 0 amide bonds. The molecule has 0 aromatic carbocycles. The second-order valence-corrected chi connectivity index (χ2v) is 3.67. The Bertz CT molecular complexity index is 400. The Hall–Kier alpha value is -0.900. The molecule has 0 bridgehead atoms. The molecule has 0 fully saturated rings. The molecular formula is C7H6F2IN3O2. The third kappa shape index (κ3) is 2.37.